The first-order chi connectivity index (χ1) is 5.94. The summed E-state index contributed by atoms with van der Waals surface area (Å²) in [6, 6.07) is 0.342. The van der Waals surface area contributed by atoms with Crippen LogP contribution in [0.3, 0.4) is 0 Å². The Balaban J connectivity index is 2.43. The zero-order valence-electron chi connectivity index (χ0n) is 9.38. The van der Waals surface area contributed by atoms with Gasteiger partial charge in [-0.25, -0.2) is 0 Å². The Morgan fingerprint density at radius 1 is 1.46 bits per heavy atom. The van der Waals surface area contributed by atoms with E-state index < -0.39 is 0 Å². The molecule has 2 N–H and O–H groups in total. The summed E-state index contributed by atoms with van der Waals surface area (Å²) in [5.41, 5.74) is 6.24. The van der Waals surface area contributed by atoms with Crippen LogP contribution in [0.5, 0.6) is 0 Å². The Kier molecular flexibility index (Phi) is 3.33. The molecule has 1 rings (SSSR count). The van der Waals surface area contributed by atoms with Crippen molar-refractivity contribution in [2.24, 2.45) is 5.73 Å². The maximum atomic E-state index is 6.05. The van der Waals surface area contributed by atoms with E-state index in [2.05, 4.69) is 37.7 Å². The van der Waals surface area contributed by atoms with Gasteiger partial charge in [0.25, 0.3) is 0 Å². The van der Waals surface area contributed by atoms with Gasteiger partial charge >= 0.3 is 0 Å². The molecular formula is C10H23N3. The Morgan fingerprint density at radius 2 is 2.08 bits per heavy atom. The zero-order chi connectivity index (χ0) is 10.1. The van der Waals surface area contributed by atoms with Crippen molar-refractivity contribution in [3.63, 3.8) is 0 Å². The molecule has 0 bridgehead atoms. The first-order valence-electron chi connectivity index (χ1n) is 5.10. The highest BCUT2D eigenvalue weighted by molar-refractivity contribution is 4.97. The molecule has 0 radical (unpaired) electrons. The first kappa shape index (κ1) is 11.0. The predicted molar refractivity (Wildman–Crippen MR) is 56.8 cm³/mol. The molecule has 1 unspecified atom stereocenters. The number of hydrogen-bond acceptors (Lipinski definition) is 3. The van der Waals surface area contributed by atoms with Crippen molar-refractivity contribution in [3.05, 3.63) is 0 Å². The topological polar surface area (TPSA) is 32.5 Å². The third-order valence-electron chi connectivity index (χ3n) is 3.25. The van der Waals surface area contributed by atoms with Gasteiger partial charge in [0.05, 0.1) is 0 Å². The number of hydrogen-bond donors (Lipinski definition) is 1. The van der Waals surface area contributed by atoms with Crippen LogP contribution in [0.25, 0.3) is 0 Å². The van der Waals surface area contributed by atoms with Crippen LogP contribution in [0.1, 0.15) is 20.3 Å². The quantitative estimate of drug-likeness (QED) is 0.689. The summed E-state index contributed by atoms with van der Waals surface area (Å²) in [4.78, 5) is 4.72. The van der Waals surface area contributed by atoms with Gasteiger partial charge in [-0.2, -0.15) is 0 Å². The van der Waals surface area contributed by atoms with Crippen molar-refractivity contribution in [1.29, 1.82) is 0 Å². The van der Waals surface area contributed by atoms with Gasteiger partial charge in [-0.15, -0.1) is 0 Å². The molecule has 3 nitrogen and oxygen atoms in total. The molecule has 1 saturated heterocycles. The average molecular weight is 185 g/mol. The molecule has 0 saturated carbocycles. The molecule has 0 aromatic rings. The third-order valence-corrected chi connectivity index (χ3v) is 3.25. The minimum atomic E-state index is 0.190. The summed E-state index contributed by atoms with van der Waals surface area (Å²) in [7, 11) is 4.23. The van der Waals surface area contributed by atoms with Crippen LogP contribution in [0, 0.1) is 0 Å². The molecule has 0 aromatic heterocycles. The van der Waals surface area contributed by atoms with Crippen LogP contribution < -0.4 is 5.73 Å². The van der Waals surface area contributed by atoms with Crippen LogP contribution in [-0.2, 0) is 0 Å². The highest BCUT2D eigenvalue weighted by atomic mass is 15.3. The second-order valence-electron chi connectivity index (χ2n) is 4.84. The Hall–Kier alpha value is -0.120. The standard InChI is InChI=1S/C10H23N3/c1-10(2)9(11)5-6-13(10)8-7-12(3)4/h9H,5-8,11H2,1-4H3. The van der Waals surface area contributed by atoms with Gasteiger partial charge in [0.2, 0.25) is 0 Å². The van der Waals surface area contributed by atoms with Crippen molar-refractivity contribution < 1.29 is 0 Å². The SMILES string of the molecule is CN(C)CCN1CCC(N)C1(C)C. The van der Waals surface area contributed by atoms with E-state index in [-0.39, 0.29) is 5.54 Å². The van der Waals surface area contributed by atoms with Crippen molar-refractivity contribution in [2.75, 3.05) is 33.7 Å². The van der Waals surface area contributed by atoms with E-state index in [0.717, 1.165) is 26.1 Å². The van der Waals surface area contributed by atoms with Crippen molar-refractivity contribution in [3.8, 4) is 0 Å². The molecular weight excluding hydrogens is 162 g/mol. The lowest BCUT2D eigenvalue weighted by molar-refractivity contribution is 0.149. The zero-order valence-corrected chi connectivity index (χ0v) is 9.38. The number of rotatable bonds is 3. The Bertz CT molecular complexity index is 166. The molecule has 0 aromatic carbocycles. The van der Waals surface area contributed by atoms with E-state index in [0.29, 0.717) is 6.04 Å². The minimum Gasteiger partial charge on any atom is -0.326 e. The van der Waals surface area contributed by atoms with E-state index >= 15 is 0 Å². The van der Waals surface area contributed by atoms with Crippen molar-refractivity contribution in [1.82, 2.24) is 9.80 Å². The lowest BCUT2D eigenvalue weighted by Gasteiger charge is -2.35. The second kappa shape index (κ2) is 3.95. The lowest BCUT2D eigenvalue weighted by atomic mass is 9.97. The minimum absolute atomic E-state index is 0.190. The van der Waals surface area contributed by atoms with E-state index in [1.165, 1.54) is 0 Å². The molecule has 1 aliphatic rings. The fraction of sp³-hybridized carbons (Fsp3) is 1.00. The first-order valence-corrected chi connectivity index (χ1v) is 5.10. The van der Waals surface area contributed by atoms with Crippen LogP contribution >= 0.6 is 0 Å². The van der Waals surface area contributed by atoms with Gasteiger partial charge in [-0.1, -0.05) is 0 Å². The Labute approximate surface area is 81.9 Å². The molecule has 1 aliphatic heterocycles. The summed E-state index contributed by atoms with van der Waals surface area (Å²) in [5.74, 6) is 0. The maximum Gasteiger partial charge on any atom is 0.0305 e. The summed E-state index contributed by atoms with van der Waals surface area (Å²) in [6.45, 7) is 7.91. The highest BCUT2D eigenvalue weighted by Crippen LogP contribution is 2.26. The molecule has 1 fully saturated rings. The summed E-state index contributed by atoms with van der Waals surface area (Å²) >= 11 is 0. The predicted octanol–water partition coefficient (Wildman–Crippen LogP) is 0.360. The summed E-state index contributed by atoms with van der Waals surface area (Å²) < 4.78 is 0. The third kappa shape index (κ3) is 2.42. The van der Waals surface area contributed by atoms with E-state index in [1.54, 1.807) is 0 Å². The summed E-state index contributed by atoms with van der Waals surface area (Å²) in [6.07, 6.45) is 1.14. The largest absolute Gasteiger partial charge is 0.326 e. The van der Waals surface area contributed by atoms with E-state index in [4.69, 9.17) is 5.73 Å². The average Bonchev–Trinajstić information content (AvgIpc) is 2.25. The fourth-order valence-electron chi connectivity index (χ4n) is 1.89. The van der Waals surface area contributed by atoms with Gasteiger partial charge in [-0.3, -0.25) is 4.90 Å². The van der Waals surface area contributed by atoms with Crippen molar-refractivity contribution >= 4 is 0 Å². The molecule has 13 heavy (non-hydrogen) atoms. The molecule has 1 atom stereocenters. The number of likely N-dealkylation sites (N-methyl/N-ethyl adjacent to an activating group) is 1. The van der Waals surface area contributed by atoms with Gasteiger partial charge in [0, 0.05) is 31.2 Å². The van der Waals surface area contributed by atoms with Gasteiger partial charge in [0.15, 0.2) is 0 Å². The molecule has 3 heteroatoms. The highest BCUT2D eigenvalue weighted by Gasteiger charge is 2.38. The van der Waals surface area contributed by atoms with Crippen molar-refractivity contribution in [2.45, 2.75) is 31.8 Å². The lowest BCUT2D eigenvalue weighted by Crippen LogP contribution is -2.50. The number of nitrogens with two attached hydrogens (primary N) is 1. The van der Waals surface area contributed by atoms with E-state index in [1.807, 2.05) is 0 Å². The van der Waals surface area contributed by atoms with Gasteiger partial charge in [0.1, 0.15) is 0 Å². The number of likely N-dealkylation sites (tertiary alicyclic amines) is 1. The number of nitrogens with zero attached hydrogens (tertiary/aromatic N) is 2. The molecule has 0 amide bonds. The normalized spacial score (nSPS) is 28.6. The molecule has 78 valence electrons. The summed E-state index contributed by atoms with van der Waals surface area (Å²) in [5, 5.41) is 0. The van der Waals surface area contributed by atoms with Crippen LogP contribution in [0.4, 0.5) is 0 Å². The van der Waals surface area contributed by atoms with Gasteiger partial charge in [-0.05, 0) is 34.4 Å². The Morgan fingerprint density at radius 3 is 2.46 bits per heavy atom. The van der Waals surface area contributed by atoms with Crippen LogP contribution in [0.2, 0.25) is 0 Å². The molecule has 1 heterocycles. The second-order valence-corrected chi connectivity index (χ2v) is 4.84. The van der Waals surface area contributed by atoms with Gasteiger partial charge < -0.3 is 10.6 Å². The van der Waals surface area contributed by atoms with Crippen LogP contribution in [0.15, 0.2) is 0 Å². The smallest absolute Gasteiger partial charge is 0.0305 e. The molecule has 0 spiro atoms. The van der Waals surface area contributed by atoms with E-state index in [9.17, 15) is 0 Å². The maximum absolute atomic E-state index is 6.05. The monoisotopic (exact) mass is 185 g/mol. The van der Waals surface area contributed by atoms with Crippen LogP contribution in [-0.4, -0.2) is 55.1 Å². The molecule has 0 aliphatic carbocycles. The fourth-order valence-corrected chi connectivity index (χ4v) is 1.89.